The number of hydrogen-bond donors (Lipinski definition) is 2. The van der Waals surface area contributed by atoms with Crippen molar-refractivity contribution in [2.24, 2.45) is 0 Å². The zero-order chi connectivity index (χ0) is 12.3. The molecule has 0 unspecified atom stereocenters. The fourth-order valence-electron chi connectivity index (χ4n) is 1.86. The van der Waals surface area contributed by atoms with Gasteiger partial charge in [-0.2, -0.15) is 0 Å². The molecule has 0 aliphatic rings. The van der Waals surface area contributed by atoms with Crippen LogP contribution < -0.4 is 0 Å². The standard InChI is InChI=1S/C15H16O2/c1-11-2-4-14(5-3-11)15-7-12(9-16)6-13(8-15)10-17/h2-8,16-17H,9-10H2,1H3. The van der Waals surface area contributed by atoms with Crippen LogP contribution in [0.15, 0.2) is 42.5 Å². The number of aliphatic hydroxyl groups is 2. The van der Waals surface area contributed by atoms with Crippen LogP contribution in [0.2, 0.25) is 0 Å². The average molecular weight is 228 g/mol. The Bertz CT molecular complexity index is 479. The number of aryl methyl sites for hydroxylation is 1. The van der Waals surface area contributed by atoms with E-state index in [2.05, 4.69) is 12.1 Å². The summed E-state index contributed by atoms with van der Waals surface area (Å²) in [6, 6.07) is 13.9. The first-order valence-corrected chi connectivity index (χ1v) is 5.64. The van der Waals surface area contributed by atoms with Crippen LogP contribution in [0.25, 0.3) is 11.1 Å². The number of rotatable bonds is 3. The fraction of sp³-hybridized carbons (Fsp3) is 0.200. The van der Waals surface area contributed by atoms with E-state index in [0.29, 0.717) is 0 Å². The highest BCUT2D eigenvalue weighted by Gasteiger charge is 2.02. The lowest BCUT2D eigenvalue weighted by Gasteiger charge is -2.07. The van der Waals surface area contributed by atoms with Gasteiger partial charge >= 0.3 is 0 Å². The lowest BCUT2D eigenvalue weighted by Crippen LogP contribution is -1.91. The summed E-state index contributed by atoms with van der Waals surface area (Å²) in [4.78, 5) is 0. The van der Waals surface area contributed by atoms with Crippen molar-refractivity contribution in [2.45, 2.75) is 20.1 Å². The number of benzene rings is 2. The Labute approximate surface area is 101 Å². The summed E-state index contributed by atoms with van der Waals surface area (Å²) < 4.78 is 0. The van der Waals surface area contributed by atoms with E-state index in [-0.39, 0.29) is 13.2 Å². The van der Waals surface area contributed by atoms with Crippen LogP contribution in [-0.2, 0) is 13.2 Å². The Morgan fingerprint density at radius 2 is 1.29 bits per heavy atom. The van der Waals surface area contributed by atoms with Gasteiger partial charge in [0.25, 0.3) is 0 Å². The molecule has 0 aromatic heterocycles. The monoisotopic (exact) mass is 228 g/mol. The minimum atomic E-state index is -0.00724. The minimum absolute atomic E-state index is 0.00724. The van der Waals surface area contributed by atoms with Gasteiger partial charge in [-0.25, -0.2) is 0 Å². The van der Waals surface area contributed by atoms with Gasteiger partial charge in [-0.15, -0.1) is 0 Å². The van der Waals surface area contributed by atoms with Gasteiger partial charge in [-0.05, 0) is 41.3 Å². The van der Waals surface area contributed by atoms with Crippen molar-refractivity contribution in [2.75, 3.05) is 0 Å². The van der Waals surface area contributed by atoms with Crippen molar-refractivity contribution in [3.05, 3.63) is 59.2 Å². The zero-order valence-electron chi connectivity index (χ0n) is 9.85. The van der Waals surface area contributed by atoms with Crippen LogP contribution in [-0.4, -0.2) is 10.2 Å². The summed E-state index contributed by atoms with van der Waals surface area (Å²) in [6.07, 6.45) is 0. The molecule has 2 aromatic carbocycles. The molecule has 0 spiro atoms. The lowest BCUT2D eigenvalue weighted by molar-refractivity contribution is 0.275. The molecule has 0 radical (unpaired) electrons. The van der Waals surface area contributed by atoms with Crippen molar-refractivity contribution in [1.29, 1.82) is 0 Å². The lowest BCUT2D eigenvalue weighted by atomic mass is 9.99. The first-order valence-electron chi connectivity index (χ1n) is 5.64. The number of hydrogen-bond acceptors (Lipinski definition) is 2. The summed E-state index contributed by atoms with van der Waals surface area (Å²) in [5.74, 6) is 0. The van der Waals surface area contributed by atoms with Crippen molar-refractivity contribution < 1.29 is 10.2 Å². The van der Waals surface area contributed by atoms with E-state index >= 15 is 0 Å². The average Bonchev–Trinajstić information content (AvgIpc) is 2.39. The van der Waals surface area contributed by atoms with Crippen LogP contribution in [0.3, 0.4) is 0 Å². The van der Waals surface area contributed by atoms with Gasteiger partial charge < -0.3 is 10.2 Å². The third kappa shape index (κ3) is 2.73. The maximum Gasteiger partial charge on any atom is 0.0682 e. The summed E-state index contributed by atoms with van der Waals surface area (Å²) in [7, 11) is 0. The van der Waals surface area contributed by atoms with Gasteiger partial charge in [0, 0.05) is 0 Å². The van der Waals surface area contributed by atoms with Gasteiger partial charge in [0.15, 0.2) is 0 Å². The summed E-state index contributed by atoms with van der Waals surface area (Å²) in [6.45, 7) is 2.03. The van der Waals surface area contributed by atoms with Crippen molar-refractivity contribution in [3.63, 3.8) is 0 Å². The smallest absolute Gasteiger partial charge is 0.0682 e. The molecule has 0 aliphatic heterocycles. The third-order valence-corrected chi connectivity index (χ3v) is 2.80. The topological polar surface area (TPSA) is 40.5 Å². The molecule has 0 amide bonds. The molecule has 2 N–H and O–H groups in total. The van der Waals surface area contributed by atoms with E-state index in [0.717, 1.165) is 22.3 Å². The van der Waals surface area contributed by atoms with E-state index in [1.54, 1.807) is 0 Å². The second-order valence-corrected chi connectivity index (χ2v) is 4.22. The molecule has 2 aromatic rings. The van der Waals surface area contributed by atoms with Gasteiger partial charge in [-0.3, -0.25) is 0 Å². The molecule has 0 saturated carbocycles. The molecule has 0 saturated heterocycles. The second-order valence-electron chi connectivity index (χ2n) is 4.22. The van der Waals surface area contributed by atoms with Crippen LogP contribution in [0.5, 0.6) is 0 Å². The first-order chi connectivity index (χ1) is 8.22. The van der Waals surface area contributed by atoms with Crippen molar-refractivity contribution >= 4 is 0 Å². The summed E-state index contributed by atoms with van der Waals surface area (Å²) in [5, 5.41) is 18.4. The SMILES string of the molecule is Cc1ccc(-c2cc(CO)cc(CO)c2)cc1. The van der Waals surface area contributed by atoms with Crippen LogP contribution in [0.4, 0.5) is 0 Å². The van der Waals surface area contributed by atoms with Crippen LogP contribution in [0.1, 0.15) is 16.7 Å². The van der Waals surface area contributed by atoms with E-state index in [4.69, 9.17) is 0 Å². The molecule has 0 aliphatic carbocycles. The summed E-state index contributed by atoms with van der Waals surface area (Å²) in [5.41, 5.74) is 5.00. The highest BCUT2D eigenvalue weighted by molar-refractivity contribution is 5.65. The number of aliphatic hydroxyl groups excluding tert-OH is 2. The van der Waals surface area contributed by atoms with Gasteiger partial charge in [-0.1, -0.05) is 35.9 Å². The maximum absolute atomic E-state index is 9.19. The largest absolute Gasteiger partial charge is 0.392 e. The first kappa shape index (κ1) is 11.8. The zero-order valence-corrected chi connectivity index (χ0v) is 9.85. The molecule has 2 heteroatoms. The van der Waals surface area contributed by atoms with Crippen molar-refractivity contribution in [3.8, 4) is 11.1 Å². The van der Waals surface area contributed by atoms with E-state index in [9.17, 15) is 10.2 Å². The molecule has 88 valence electrons. The molecule has 0 bridgehead atoms. The molecular formula is C15H16O2. The maximum atomic E-state index is 9.19. The second kappa shape index (κ2) is 5.13. The van der Waals surface area contributed by atoms with E-state index < -0.39 is 0 Å². The molecule has 0 fully saturated rings. The van der Waals surface area contributed by atoms with Gasteiger partial charge in [0.2, 0.25) is 0 Å². The molecule has 0 atom stereocenters. The Kier molecular flexibility index (Phi) is 3.57. The third-order valence-electron chi connectivity index (χ3n) is 2.80. The highest BCUT2D eigenvalue weighted by atomic mass is 16.3. The summed E-state index contributed by atoms with van der Waals surface area (Å²) >= 11 is 0. The molecule has 2 rings (SSSR count). The van der Waals surface area contributed by atoms with Crippen molar-refractivity contribution in [1.82, 2.24) is 0 Å². The fourth-order valence-corrected chi connectivity index (χ4v) is 1.86. The Morgan fingerprint density at radius 3 is 1.76 bits per heavy atom. The normalized spacial score (nSPS) is 10.5. The van der Waals surface area contributed by atoms with Gasteiger partial charge in [0.1, 0.15) is 0 Å². The van der Waals surface area contributed by atoms with Crippen LogP contribution >= 0.6 is 0 Å². The quantitative estimate of drug-likeness (QED) is 0.847. The van der Waals surface area contributed by atoms with E-state index in [1.165, 1.54) is 5.56 Å². The van der Waals surface area contributed by atoms with Crippen LogP contribution in [0, 0.1) is 6.92 Å². The predicted molar refractivity (Wildman–Crippen MR) is 68.5 cm³/mol. The highest BCUT2D eigenvalue weighted by Crippen LogP contribution is 2.23. The van der Waals surface area contributed by atoms with Gasteiger partial charge in [0.05, 0.1) is 13.2 Å². The Hall–Kier alpha value is -1.64. The Morgan fingerprint density at radius 1 is 0.765 bits per heavy atom. The molecule has 2 nitrogen and oxygen atoms in total. The predicted octanol–water partition coefficient (Wildman–Crippen LogP) is 2.65. The molecule has 0 heterocycles. The minimum Gasteiger partial charge on any atom is -0.392 e. The molecule has 17 heavy (non-hydrogen) atoms. The van der Waals surface area contributed by atoms with E-state index in [1.807, 2.05) is 37.3 Å². The molecular weight excluding hydrogens is 212 g/mol. The Balaban J connectivity index is 2.46.